The van der Waals surface area contributed by atoms with E-state index in [0.717, 1.165) is 24.1 Å². The maximum atomic E-state index is 11.9. The van der Waals surface area contributed by atoms with Crippen LogP contribution in [0.3, 0.4) is 0 Å². The van der Waals surface area contributed by atoms with Crippen LogP contribution in [0.4, 0.5) is 0 Å². The van der Waals surface area contributed by atoms with Gasteiger partial charge in [0.05, 0.1) is 17.7 Å². The summed E-state index contributed by atoms with van der Waals surface area (Å²) in [4.78, 5) is 11.9. The first kappa shape index (κ1) is 12.4. The summed E-state index contributed by atoms with van der Waals surface area (Å²) >= 11 is 0. The summed E-state index contributed by atoms with van der Waals surface area (Å²) in [6.07, 6.45) is 1.76. The zero-order valence-corrected chi connectivity index (χ0v) is 11.0. The van der Waals surface area contributed by atoms with Gasteiger partial charge in [-0.15, -0.1) is 0 Å². The van der Waals surface area contributed by atoms with E-state index in [1.165, 1.54) is 5.56 Å². The second kappa shape index (κ2) is 4.78. The molecule has 3 rings (SSSR count). The van der Waals surface area contributed by atoms with E-state index >= 15 is 0 Å². The van der Waals surface area contributed by atoms with Crippen molar-refractivity contribution in [3.63, 3.8) is 0 Å². The average molecular weight is 258 g/mol. The van der Waals surface area contributed by atoms with Gasteiger partial charge in [-0.2, -0.15) is 5.10 Å². The number of amides is 1. The van der Waals surface area contributed by atoms with E-state index < -0.39 is 0 Å². The van der Waals surface area contributed by atoms with E-state index in [-0.39, 0.29) is 23.8 Å². The Kier molecular flexibility index (Phi) is 3.11. The quantitative estimate of drug-likeness (QED) is 0.804. The van der Waals surface area contributed by atoms with Crippen LogP contribution in [0, 0.1) is 18.8 Å². The monoisotopic (exact) mass is 258 g/mol. The third kappa shape index (κ3) is 2.28. The second-order valence-electron chi connectivity index (χ2n) is 5.52. The molecule has 1 fully saturated rings. The number of hydrogen-bond donors (Lipinski definition) is 2. The smallest absolute Gasteiger partial charge is 0.243 e. The Balaban J connectivity index is 1.93. The van der Waals surface area contributed by atoms with E-state index in [2.05, 4.69) is 22.7 Å². The van der Waals surface area contributed by atoms with Crippen LogP contribution in [0.1, 0.15) is 30.4 Å². The number of aliphatic hydroxyl groups excluding tert-OH is 1. The number of aryl methyl sites for hydroxylation is 1. The van der Waals surface area contributed by atoms with Gasteiger partial charge in [0, 0.05) is 5.92 Å². The maximum Gasteiger partial charge on any atom is 0.243 e. The van der Waals surface area contributed by atoms with Crippen LogP contribution in [-0.2, 0) is 4.79 Å². The van der Waals surface area contributed by atoms with Crippen LogP contribution >= 0.6 is 0 Å². The lowest BCUT2D eigenvalue weighted by Gasteiger charge is -2.36. The molecule has 1 aromatic carbocycles. The molecule has 4 nitrogen and oxygen atoms in total. The molecule has 0 unspecified atom stereocenters. The van der Waals surface area contributed by atoms with Crippen molar-refractivity contribution in [2.75, 3.05) is 0 Å². The number of benzene rings is 1. The number of aliphatic hydroxyl groups is 1. The van der Waals surface area contributed by atoms with Crippen LogP contribution in [0.5, 0.6) is 0 Å². The Morgan fingerprint density at radius 2 is 1.95 bits per heavy atom. The summed E-state index contributed by atoms with van der Waals surface area (Å²) in [5, 5.41) is 14.0. The largest absolute Gasteiger partial charge is 0.393 e. The van der Waals surface area contributed by atoms with Crippen LogP contribution in [-0.4, -0.2) is 22.8 Å². The fraction of sp³-hybridized carbons (Fsp3) is 0.467. The van der Waals surface area contributed by atoms with Gasteiger partial charge in [0.15, 0.2) is 0 Å². The summed E-state index contributed by atoms with van der Waals surface area (Å²) in [6.45, 7) is 2.05. The molecule has 1 amide bonds. The highest BCUT2D eigenvalue weighted by atomic mass is 16.3. The first-order chi connectivity index (χ1) is 9.15. The summed E-state index contributed by atoms with van der Waals surface area (Å²) in [5.41, 5.74) is 5.83. The van der Waals surface area contributed by atoms with Crippen LogP contribution in [0.15, 0.2) is 29.4 Å². The normalized spacial score (nSPS) is 30.3. The van der Waals surface area contributed by atoms with Crippen molar-refractivity contribution in [2.45, 2.75) is 32.3 Å². The molecule has 19 heavy (non-hydrogen) atoms. The second-order valence-corrected chi connectivity index (χ2v) is 5.52. The molecule has 0 radical (unpaired) electrons. The molecule has 0 saturated heterocycles. The highest BCUT2D eigenvalue weighted by molar-refractivity contribution is 6.06. The van der Waals surface area contributed by atoms with Crippen LogP contribution in [0.25, 0.3) is 0 Å². The number of rotatable bonds is 1. The van der Waals surface area contributed by atoms with Crippen molar-refractivity contribution in [1.29, 1.82) is 0 Å². The summed E-state index contributed by atoms with van der Waals surface area (Å²) < 4.78 is 0. The topological polar surface area (TPSA) is 61.7 Å². The molecular formula is C15H18N2O2. The number of carbonyl (C=O) groups is 1. The lowest BCUT2D eigenvalue weighted by atomic mass is 9.73. The van der Waals surface area contributed by atoms with Crippen molar-refractivity contribution in [3.8, 4) is 0 Å². The number of carbonyl (C=O) groups excluding carboxylic acids is 1. The fourth-order valence-corrected chi connectivity index (χ4v) is 3.05. The zero-order chi connectivity index (χ0) is 13.4. The number of hydrazone groups is 1. The standard InChI is InChI=1S/C15H18N2O2/c1-9-2-4-10(5-3-9)14-12-7-6-11(18)8-13(12)15(19)17-16-14/h2-5,11-13,18H,6-8H2,1H3,(H,17,19)/t11-,12-,13-/m1/s1. The minimum atomic E-state index is -0.357. The van der Waals surface area contributed by atoms with Crippen molar-refractivity contribution >= 4 is 11.6 Å². The first-order valence-electron chi connectivity index (χ1n) is 6.77. The van der Waals surface area contributed by atoms with Gasteiger partial charge in [-0.3, -0.25) is 4.79 Å². The Morgan fingerprint density at radius 1 is 1.21 bits per heavy atom. The first-order valence-corrected chi connectivity index (χ1v) is 6.77. The van der Waals surface area contributed by atoms with Crippen molar-refractivity contribution in [2.24, 2.45) is 16.9 Å². The van der Waals surface area contributed by atoms with Crippen molar-refractivity contribution in [1.82, 2.24) is 5.43 Å². The molecule has 1 aromatic rings. The molecule has 1 aliphatic heterocycles. The van der Waals surface area contributed by atoms with Gasteiger partial charge in [0.25, 0.3) is 0 Å². The predicted molar refractivity (Wildman–Crippen MR) is 72.7 cm³/mol. The molecule has 4 heteroatoms. The molecule has 100 valence electrons. The number of nitrogens with zero attached hydrogens (tertiary/aromatic N) is 1. The molecule has 1 saturated carbocycles. The van der Waals surface area contributed by atoms with E-state index in [0.29, 0.717) is 6.42 Å². The Labute approximate surface area is 112 Å². The molecule has 1 heterocycles. The number of fused-ring (bicyclic) bond motifs is 1. The Hall–Kier alpha value is -1.68. The molecular weight excluding hydrogens is 240 g/mol. The maximum absolute atomic E-state index is 11.9. The van der Waals surface area contributed by atoms with E-state index in [4.69, 9.17) is 0 Å². The fourth-order valence-electron chi connectivity index (χ4n) is 3.05. The highest BCUT2D eigenvalue weighted by Crippen LogP contribution is 2.35. The van der Waals surface area contributed by atoms with Crippen molar-refractivity contribution in [3.05, 3.63) is 35.4 Å². The van der Waals surface area contributed by atoms with Gasteiger partial charge in [-0.05, 0) is 31.7 Å². The van der Waals surface area contributed by atoms with E-state index in [1.807, 2.05) is 19.1 Å². The van der Waals surface area contributed by atoms with Crippen LogP contribution in [0.2, 0.25) is 0 Å². The van der Waals surface area contributed by atoms with Gasteiger partial charge in [-0.1, -0.05) is 29.8 Å². The highest BCUT2D eigenvalue weighted by Gasteiger charge is 2.40. The Bertz CT molecular complexity index is 521. The van der Waals surface area contributed by atoms with Crippen molar-refractivity contribution < 1.29 is 9.90 Å². The van der Waals surface area contributed by atoms with Gasteiger partial charge in [0.1, 0.15) is 0 Å². The zero-order valence-electron chi connectivity index (χ0n) is 11.0. The van der Waals surface area contributed by atoms with Crippen LogP contribution < -0.4 is 5.43 Å². The molecule has 0 aromatic heterocycles. The summed E-state index contributed by atoms with van der Waals surface area (Å²) in [6, 6.07) is 8.21. The third-order valence-corrected chi connectivity index (χ3v) is 4.14. The molecule has 2 aliphatic rings. The third-order valence-electron chi connectivity index (χ3n) is 4.14. The van der Waals surface area contributed by atoms with E-state index in [9.17, 15) is 9.90 Å². The molecule has 0 bridgehead atoms. The SMILES string of the molecule is Cc1ccc(C2=NNC(=O)[C@@H]3C[C@H](O)CC[C@@H]23)cc1. The summed E-state index contributed by atoms with van der Waals surface area (Å²) in [7, 11) is 0. The van der Waals surface area contributed by atoms with Gasteiger partial charge >= 0.3 is 0 Å². The average Bonchev–Trinajstić information content (AvgIpc) is 2.41. The van der Waals surface area contributed by atoms with E-state index in [1.54, 1.807) is 0 Å². The summed E-state index contributed by atoms with van der Waals surface area (Å²) in [5.74, 6) is -0.0583. The van der Waals surface area contributed by atoms with Gasteiger partial charge < -0.3 is 5.11 Å². The molecule has 0 spiro atoms. The molecule has 2 N–H and O–H groups in total. The number of nitrogens with one attached hydrogen (secondary N) is 1. The Morgan fingerprint density at radius 3 is 2.68 bits per heavy atom. The minimum Gasteiger partial charge on any atom is -0.393 e. The predicted octanol–water partition coefficient (Wildman–Crippen LogP) is 1.61. The minimum absolute atomic E-state index is 0.0559. The lowest BCUT2D eigenvalue weighted by molar-refractivity contribution is -0.129. The lowest BCUT2D eigenvalue weighted by Crippen LogP contribution is -2.46. The molecule has 1 aliphatic carbocycles. The van der Waals surface area contributed by atoms with Gasteiger partial charge in [-0.25, -0.2) is 5.43 Å². The molecule has 3 atom stereocenters. The van der Waals surface area contributed by atoms with Gasteiger partial charge in [0.2, 0.25) is 5.91 Å². The number of hydrogen-bond acceptors (Lipinski definition) is 3.